The average molecular weight is 435 g/mol. The smallest absolute Gasteiger partial charge is 0.0660 e. The van der Waals surface area contributed by atoms with E-state index in [1.165, 1.54) is 72.4 Å². The monoisotopic (exact) mass is 434 g/mol. The minimum absolute atomic E-state index is 0.326. The predicted octanol–water partition coefficient (Wildman–Crippen LogP) is 8.93. The Bertz CT molecular complexity index is 1120. The fourth-order valence-corrected chi connectivity index (χ4v) is 6.09. The average Bonchev–Trinajstić information content (AvgIpc) is 2.94. The molecule has 0 aromatic heterocycles. The molecule has 0 spiro atoms. The zero-order valence-corrected chi connectivity index (χ0v) is 21.9. The lowest BCUT2D eigenvalue weighted by molar-refractivity contribution is 0.695. The third-order valence-electron chi connectivity index (χ3n) is 7.51. The van der Waals surface area contributed by atoms with E-state index in [1.807, 2.05) is 0 Å². The van der Waals surface area contributed by atoms with Gasteiger partial charge in [-0.15, -0.1) is 0 Å². The highest BCUT2D eigenvalue weighted by Crippen LogP contribution is 2.52. The lowest BCUT2D eigenvalue weighted by Gasteiger charge is -2.40. The van der Waals surface area contributed by atoms with Crippen molar-refractivity contribution in [2.45, 2.75) is 74.1 Å². The minimum Gasteiger partial charge on any atom is -0.0660 e. The molecule has 1 aliphatic rings. The highest BCUT2D eigenvalue weighted by Gasteiger charge is 2.43. The van der Waals surface area contributed by atoms with Crippen molar-refractivity contribution in [2.24, 2.45) is 0 Å². The molecule has 0 nitrogen and oxygen atoms in total. The maximum atomic E-state index is 2.42. The van der Waals surface area contributed by atoms with Crippen molar-refractivity contribution >= 4 is 0 Å². The molecule has 0 saturated heterocycles. The molecule has 0 N–H and O–H groups in total. The van der Waals surface area contributed by atoms with Crippen molar-refractivity contribution in [3.63, 3.8) is 0 Å². The van der Waals surface area contributed by atoms with Gasteiger partial charge in [-0.2, -0.15) is 0 Å². The summed E-state index contributed by atoms with van der Waals surface area (Å²) in [5.74, 6) is 0. The van der Waals surface area contributed by atoms with E-state index in [0.717, 1.165) is 6.42 Å². The van der Waals surface area contributed by atoms with Crippen LogP contribution in [-0.2, 0) is 5.41 Å². The summed E-state index contributed by atoms with van der Waals surface area (Å²) in [5, 5.41) is 0. The minimum atomic E-state index is -0.326. The number of benzene rings is 3. The molecular weight excluding hydrogens is 396 g/mol. The van der Waals surface area contributed by atoms with Crippen LogP contribution >= 0.6 is 0 Å². The summed E-state index contributed by atoms with van der Waals surface area (Å²) < 4.78 is 0. The third-order valence-corrected chi connectivity index (χ3v) is 7.51. The predicted molar refractivity (Wildman–Crippen MR) is 143 cm³/mol. The summed E-state index contributed by atoms with van der Waals surface area (Å²) in [4.78, 5) is 0. The van der Waals surface area contributed by atoms with Crippen LogP contribution in [0.15, 0.2) is 76.9 Å². The van der Waals surface area contributed by atoms with E-state index >= 15 is 0 Å². The van der Waals surface area contributed by atoms with Crippen LogP contribution < -0.4 is 0 Å². The van der Waals surface area contributed by atoms with E-state index in [2.05, 4.69) is 117 Å². The Morgan fingerprint density at radius 2 is 0.727 bits per heavy atom. The van der Waals surface area contributed by atoms with E-state index in [0.29, 0.717) is 0 Å². The van der Waals surface area contributed by atoms with Crippen LogP contribution in [0.5, 0.6) is 0 Å². The molecule has 0 bridgehead atoms. The second kappa shape index (κ2) is 8.49. The van der Waals surface area contributed by atoms with Crippen LogP contribution in [0.1, 0.15) is 77.3 Å². The molecule has 0 heterocycles. The first-order chi connectivity index (χ1) is 15.5. The van der Waals surface area contributed by atoms with E-state index in [1.54, 1.807) is 0 Å². The molecule has 3 aromatic rings. The molecule has 0 unspecified atom stereocenters. The molecule has 0 amide bonds. The van der Waals surface area contributed by atoms with Crippen molar-refractivity contribution in [3.05, 3.63) is 127 Å². The Labute approximate surface area is 201 Å². The number of rotatable bonds is 4. The fraction of sp³-hybridized carbons (Fsp3) is 0.333. The number of aryl methyl sites for hydroxylation is 6. The normalized spacial score (nSPS) is 14.5. The zero-order valence-electron chi connectivity index (χ0n) is 21.9. The van der Waals surface area contributed by atoms with Gasteiger partial charge in [0, 0.05) is 0 Å². The highest BCUT2D eigenvalue weighted by molar-refractivity contribution is 5.66. The maximum Gasteiger partial charge on any atom is 0.0670 e. The molecule has 0 aliphatic heterocycles. The Kier molecular flexibility index (Phi) is 5.99. The first kappa shape index (κ1) is 23.3. The standard InChI is InChI=1S/C33H38/c1-20-10-21(2)14-29(13-20)33(30-15-22(3)11-23(4)16-30,31-17-24(5)12-25(6)18-31)32-19-26(7)27(8)28(32)9/h10-18H,19H2,1-9H3. The van der Waals surface area contributed by atoms with Crippen molar-refractivity contribution in [1.82, 2.24) is 0 Å². The quantitative estimate of drug-likeness (QED) is 0.359. The molecule has 0 fully saturated rings. The molecule has 3 aromatic carbocycles. The van der Waals surface area contributed by atoms with Crippen LogP contribution in [-0.4, -0.2) is 0 Å². The molecule has 170 valence electrons. The Morgan fingerprint density at radius 3 is 0.970 bits per heavy atom. The molecule has 0 saturated carbocycles. The molecule has 33 heavy (non-hydrogen) atoms. The molecule has 0 radical (unpaired) electrons. The lowest BCUT2D eigenvalue weighted by Crippen LogP contribution is -2.33. The van der Waals surface area contributed by atoms with Crippen LogP contribution in [0.2, 0.25) is 0 Å². The van der Waals surface area contributed by atoms with E-state index < -0.39 is 0 Å². The van der Waals surface area contributed by atoms with Gasteiger partial charge in [0.15, 0.2) is 0 Å². The molecule has 0 heteroatoms. The zero-order chi connectivity index (χ0) is 24.1. The molecule has 0 atom stereocenters. The summed E-state index contributed by atoms with van der Waals surface area (Å²) in [7, 11) is 0. The van der Waals surface area contributed by atoms with Crippen LogP contribution in [0.4, 0.5) is 0 Å². The maximum absolute atomic E-state index is 2.42. The highest BCUT2D eigenvalue weighted by atomic mass is 14.4. The van der Waals surface area contributed by atoms with Gasteiger partial charge in [0.05, 0.1) is 5.41 Å². The van der Waals surface area contributed by atoms with Gasteiger partial charge in [0.2, 0.25) is 0 Å². The van der Waals surface area contributed by atoms with Gasteiger partial charge in [-0.05, 0) is 102 Å². The van der Waals surface area contributed by atoms with Crippen LogP contribution in [0, 0.1) is 41.5 Å². The van der Waals surface area contributed by atoms with Crippen molar-refractivity contribution in [3.8, 4) is 0 Å². The van der Waals surface area contributed by atoms with Crippen molar-refractivity contribution < 1.29 is 0 Å². The van der Waals surface area contributed by atoms with Crippen molar-refractivity contribution in [2.75, 3.05) is 0 Å². The van der Waals surface area contributed by atoms with E-state index in [4.69, 9.17) is 0 Å². The van der Waals surface area contributed by atoms with E-state index in [9.17, 15) is 0 Å². The molecule has 1 aliphatic carbocycles. The van der Waals surface area contributed by atoms with Crippen LogP contribution in [0.25, 0.3) is 0 Å². The Morgan fingerprint density at radius 1 is 0.424 bits per heavy atom. The summed E-state index contributed by atoms with van der Waals surface area (Å²) >= 11 is 0. The van der Waals surface area contributed by atoms with Gasteiger partial charge < -0.3 is 0 Å². The fourth-order valence-electron chi connectivity index (χ4n) is 6.09. The first-order valence-electron chi connectivity index (χ1n) is 12.2. The second-order valence-corrected chi connectivity index (χ2v) is 10.6. The van der Waals surface area contributed by atoms with E-state index in [-0.39, 0.29) is 5.41 Å². The molecular formula is C33H38. The third kappa shape index (κ3) is 4.01. The largest absolute Gasteiger partial charge is 0.0670 e. The summed E-state index contributed by atoms with van der Waals surface area (Å²) in [6, 6.07) is 21.4. The Hall–Kier alpha value is -2.86. The second-order valence-electron chi connectivity index (χ2n) is 10.6. The van der Waals surface area contributed by atoms with Gasteiger partial charge in [0.25, 0.3) is 0 Å². The lowest BCUT2D eigenvalue weighted by atomic mass is 9.62. The van der Waals surface area contributed by atoms with Gasteiger partial charge in [-0.1, -0.05) is 93.6 Å². The van der Waals surface area contributed by atoms with Gasteiger partial charge in [-0.3, -0.25) is 0 Å². The SMILES string of the molecule is CC1=C(C)C(C)=C(C(c2cc(C)cc(C)c2)(c2cc(C)cc(C)c2)c2cc(C)cc(C)c2)C1. The molecule has 4 rings (SSSR count). The number of hydrogen-bond donors (Lipinski definition) is 0. The summed E-state index contributed by atoms with van der Waals surface area (Å²) in [6.45, 7) is 20.3. The van der Waals surface area contributed by atoms with Gasteiger partial charge >= 0.3 is 0 Å². The van der Waals surface area contributed by atoms with Gasteiger partial charge in [-0.25, -0.2) is 0 Å². The number of hydrogen-bond acceptors (Lipinski definition) is 0. The first-order valence-corrected chi connectivity index (χ1v) is 12.2. The number of allylic oxidation sites excluding steroid dienone is 4. The van der Waals surface area contributed by atoms with Crippen LogP contribution in [0.3, 0.4) is 0 Å². The summed E-state index contributed by atoms with van der Waals surface area (Å²) in [6.07, 6.45) is 1.02. The van der Waals surface area contributed by atoms with Crippen molar-refractivity contribution in [1.29, 1.82) is 0 Å². The summed E-state index contributed by atoms with van der Waals surface area (Å²) in [5.41, 5.74) is 17.7. The topological polar surface area (TPSA) is 0 Å². The van der Waals surface area contributed by atoms with Gasteiger partial charge in [0.1, 0.15) is 0 Å². The Balaban J connectivity index is 2.25.